The third-order valence-corrected chi connectivity index (χ3v) is 3.31. The summed E-state index contributed by atoms with van der Waals surface area (Å²) in [7, 11) is 0. The third-order valence-electron chi connectivity index (χ3n) is 2.58. The number of hydrogen-bond donors (Lipinski definition) is 1. The van der Waals surface area contributed by atoms with Gasteiger partial charge in [-0.2, -0.15) is 5.26 Å². The number of halogens is 3. The molecule has 19 heavy (non-hydrogen) atoms. The van der Waals surface area contributed by atoms with Crippen LogP contribution in [0.5, 0.6) is 0 Å². The van der Waals surface area contributed by atoms with Crippen LogP contribution in [0.25, 0.3) is 0 Å². The largest absolute Gasteiger partial charge is 0.380 e. The van der Waals surface area contributed by atoms with Crippen LogP contribution in [0, 0.1) is 17.1 Å². The van der Waals surface area contributed by atoms with E-state index < -0.39 is 0 Å². The third kappa shape index (κ3) is 3.46. The van der Waals surface area contributed by atoms with Crippen LogP contribution in [0.2, 0.25) is 5.02 Å². The summed E-state index contributed by atoms with van der Waals surface area (Å²) in [6, 6.07) is 11.7. The van der Waals surface area contributed by atoms with E-state index in [0.717, 1.165) is 4.47 Å². The van der Waals surface area contributed by atoms with Gasteiger partial charge < -0.3 is 5.32 Å². The lowest BCUT2D eigenvalue weighted by Crippen LogP contribution is -2.03. The van der Waals surface area contributed by atoms with Crippen molar-refractivity contribution >= 4 is 33.2 Å². The Balaban J connectivity index is 2.21. The molecule has 0 bridgehead atoms. The Morgan fingerprint density at radius 1 is 1.26 bits per heavy atom. The molecule has 1 N–H and O–H groups in total. The van der Waals surface area contributed by atoms with Crippen LogP contribution in [-0.4, -0.2) is 0 Å². The molecule has 0 radical (unpaired) electrons. The molecule has 0 fully saturated rings. The van der Waals surface area contributed by atoms with E-state index in [4.69, 9.17) is 16.9 Å². The lowest BCUT2D eigenvalue weighted by Gasteiger charge is -2.09. The summed E-state index contributed by atoms with van der Waals surface area (Å²) in [6.45, 7) is 0.278. The van der Waals surface area contributed by atoms with Crippen molar-refractivity contribution in [1.29, 1.82) is 5.26 Å². The Morgan fingerprint density at radius 3 is 2.79 bits per heavy atom. The van der Waals surface area contributed by atoms with Gasteiger partial charge in [-0.05, 0) is 36.4 Å². The first kappa shape index (κ1) is 13.9. The van der Waals surface area contributed by atoms with Gasteiger partial charge in [0.1, 0.15) is 11.9 Å². The molecular weight excluding hydrogens is 331 g/mol. The van der Waals surface area contributed by atoms with Crippen LogP contribution in [-0.2, 0) is 6.54 Å². The molecule has 2 aromatic carbocycles. The van der Waals surface area contributed by atoms with Gasteiger partial charge in [0.15, 0.2) is 0 Å². The molecule has 0 atom stereocenters. The Morgan fingerprint density at radius 2 is 2.05 bits per heavy atom. The molecule has 0 spiro atoms. The van der Waals surface area contributed by atoms with Crippen molar-refractivity contribution < 1.29 is 4.39 Å². The van der Waals surface area contributed by atoms with Gasteiger partial charge in [0, 0.05) is 21.6 Å². The molecule has 0 saturated carbocycles. The van der Waals surface area contributed by atoms with Crippen LogP contribution >= 0.6 is 27.5 Å². The maximum atomic E-state index is 13.6. The molecule has 2 nitrogen and oxygen atoms in total. The molecule has 0 heterocycles. The molecule has 0 aromatic heterocycles. The molecule has 0 aliphatic rings. The van der Waals surface area contributed by atoms with Gasteiger partial charge in [-0.3, -0.25) is 0 Å². The number of benzene rings is 2. The summed E-state index contributed by atoms with van der Waals surface area (Å²) in [4.78, 5) is 0. The SMILES string of the molecule is N#Cc1ccc(Cl)cc1NCc1cc(Br)ccc1F. The first-order chi connectivity index (χ1) is 9.10. The van der Waals surface area contributed by atoms with E-state index in [-0.39, 0.29) is 12.4 Å². The number of hydrogen-bond acceptors (Lipinski definition) is 2. The van der Waals surface area contributed by atoms with Crippen molar-refractivity contribution in [2.45, 2.75) is 6.54 Å². The standard InChI is InChI=1S/C14H9BrClFN2/c15-11-2-4-13(17)10(5-11)8-19-14-6-12(16)3-1-9(14)7-18/h1-6,19H,8H2. The van der Waals surface area contributed by atoms with Crippen LogP contribution < -0.4 is 5.32 Å². The molecule has 96 valence electrons. The Kier molecular flexibility index (Phi) is 4.41. The summed E-state index contributed by atoms with van der Waals surface area (Å²) in [5, 5.41) is 12.5. The van der Waals surface area contributed by atoms with Crippen molar-refractivity contribution in [2.75, 3.05) is 5.32 Å². The minimum Gasteiger partial charge on any atom is -0.380 e. The second kappa shape index (κ2) is 6.05. The zero-order valence-corrected chi connectivity index (χ0v) is 12.1. The molecule has 5 heteroatoms. The predicted molar refractivity (Wildman–Crippen MR) is 77.6 cm³/mol. The van der Waals surface area contributed by atoms with Gasteiger partial charge in [0.25, 0.3) is 0 Å². The zero-order valence-electron chi connectivity index (χ0n) is 9.75. The minimum absolute atomic E-state index is 0.278. The van der Waals surface area contributed by atoms with Crippen LogP contribution in [0.3, 0.4) is 0 Å². The summed E-state index contributed by atoms with van der Waals surface area (Å²) in [6.07, 6.45) is 0. The quantitative estimate of drug-likeness (QED) is 0.878. The average molecular weight is 340 g/mol. The first-order valence-electron chi connectivity index (χ1n) is 5.47. The summed E-state index contributed by atoms with van der Waals surface area (Å²) < 4.78 is 14.4. The molecule has 2 aromatic rings. The molecule has 0 unspecified atom stereocenters. The molecule has 0 amide bonds. The van der Waals surface area contributed by atoms with Gasteiger partial charge in [-0.1, -0.05) is 27.5 Å². The highest BCUT2D eigenvalue weighted by Gasteiger charge is 2.06. The van der Waals surface area contributed by atoms with E-state index in [1.54, 1.807) is 30.3 Å². The van der Waals surface area contributed by atoms with Crippen molar-refractivity contribution in [2.24, 2.45) is 0 Å². The van der Waals surface area contributed by atoms with Crippen LogP contribution in [0.4, 0.5) is 10.1 Å². The topological polar surface area (TPSA) is 35.8 Å². The highest BCUT2D eigenvalue weighted by atomic mass is 79.9. The van der Waals surface area contributed by atoms with Gasteiger partial charge in [0.2, 0.25) is 0 Å². The second-order valence-corrected chi connectivity index (χ2v) is 5.24. The van der Waals surface area contributed by atoms with E-state index in [2.05, 4.69) is 27.3 Å². The number of rotatable bonds is 3. The van der Waals surface area contributed by atoms with Crippen molar-refractivity contribution in [3.05, 3.63) is 62.8 Å². The highest BCUT2D eigenvalue weighted by Crippen LogP contribution is 2.22. The fourth-order valence-electron chi connectivity index (χ4n) is 1.63. The fourth-order valence-corrected chi connectivity index (χ4v) is 2.21. The molecule has 2 rings (SSSR count). The fraction of sp³-hybridized carbons (Fsp3) is 0.0714. The smallest absolute Gasteiger partial charge is 0.128 e. The van der Waals surface area contributed by atoms with Gasteiger partial charge in [-0.15, -0.1) is 0 Å². The van der Waals surface area contributed by atoms with Gasteiger partial charge in [0.05, 0.1) is 11.3 Å². The predicted octanol–water partition coefficient (Wildman–Crippen LogP) is 4.73. The van der Waals surface area contributed by atoms with E-state index in [0.29, 0.717) is 21.8 Å². The van der Waals surface area contributed by atoms with Crippen molar-refractivity contribution in [3.63, 3.8) is 0 Å². The zero-order chi connectivity index (χ0) is 13.8. The van der Waals surface area contributed by atoms with Crippen LogP contribution in [0.1, 0.15) is 11.1 Å². The maximum Gasteiger partial charge on any atom is 0.128 e. The molecular formula is C14H9BrClFN2. The lowest BCUT2D eigenvalue weighted by molar-refractivity contribution is 0.612. The van der Waals surface area contributed by atoms with Gasteiger partial charge >= 0.3 is 0 Å². The van der Waals surface area contributed by atoms with E-state index in [1.807, 2.05) is 0 Å². The minimum atomic E-state index is -0.295. The Hall–Kier alpha value is -1.57. The number of anilines is 1. The molecule has 0 saturated heterocycles. The lowest BCUT2D eigenvalue weighted by atomic mass is 10.1. The monoisotopic (exact) mass is 338 g/mol. The number of nitriles is 1. The second-order valence-electron chi connectivity index (χ2n) is 3.89. The average Bonchev–Trinajstić information content (AvgIpc) is 2.40. The summed E-state index contributed by atoms with van der Waals surface area (Å²) >= 11 is 9.18. The van der Waals surface area contributed by atoms with Crippen molar-refractivity contribution in [3.8, 4) is 6.07 Å². The van der Waals surface area contributed by atoms with Crippen molar-refractivity contribution in [1.82, 2.24) is 0 Å². The summed E-state index contributed by atoms with van der Waals surface area (Å²) in [5.74, 6) is -0.295. The first-order valence-corrected chi connectivity index (χ1v) is 6.64. The summed E-state index contributed by atoms with van der Waals surface area (Å²) in [5.41, 5.74) is 1.58. The Bertz CT molecular complexity index is 652. The number of nitrogens with zero attached hydrogens (tertiary/aromatic N) is 1. The highest BCUT2D eigenvalue weighted by molar-refractivity contribution is 9.10. The van der Waals surface area contributed by atoms with Gasteiger partial charge in [-0.25, -0.2) is 4.39 Å². The maximum absolute atomic E-state index is 13.6. The number of nitrogens with one attached hydrogen (secondary N) is 1. The molecule has 0 aliphatic heterocycles. The van der Waals surface area contributed by atoms with E-state index in [1.165, 1.54) is 6.07 Å². The van der Waals surface area contributed by atoms with Crippen LogP contribution in [0.15, 0.2) is 40.9 Å². The molecule has 0 aliphatic carbocycles. The Labute approximate surface area is 123 Å². The normalized spacial score (nSPS) is 10.0. The van der Waals surface area contributed by atoms with E-state index >= 15 is 0 Å². The van der Waals surface area contributed by atoms with E-state index in [9.17, 15) is 4.39 Å².